The van der Waals surface area contributed by atoms with Crippen LogP contribution in [0.25, 0.3) is 0 Å². The first-order valence-corrected chi connectivity index (χ1v) is 11.0. The maximum absolute atomic E-state index is 13.1. The van der Waals surface area contributed by atoms with Crippen LogP contribution in [-0.4, -0.2) is 42.5 Å². The lowest BCUT2D eigenvalue weighted by molar-refractivity contribution is -0.118. The Morgan fingerprint density at radius 1 is 1.00 bits per heavy atom. The van der Waals surface area contributed by atoms with Crippen LogP contribution in [0.3, 0.4) is 0 Å². The molecule has 166 valence electrons. The highest BCUT2D eigenvalue weighted by molar-refractivity contribution is 8.00. The summed E-state index contributed by atoms with van der Waals surface area (Å²) in [6.45, 7) is 0.726. The van der Waals surface area contributed by atoms with Crippen molar-refractivity contribution in [1.82, 2.24) is 15.5 Å². The number of amides is 3. The summed E-state index contributed by atoms with van der Waals surface area (Å²) in [5.41, 5.74) is 2.02. The van der Waals surface area contributed by atoms with Crippen LogP contribution in [0.5, 0.6) is 0 Å². The number of nitrogens with zero attached hydrogens (tertiary/aromatic N) is 1. The molecule has 1 aromatic heterocycles. The molecular weight excluding hydrogens is 426 g/mol. The molecule has 2 N–H and O–H groups in total. The summed E-state index contributed by atoms with van der Waals surface area (Å²) < 4.78 is 5.20. The first-order valence-electron chi connectivity index (χ1n) is 10.1. The van der Waals surface area contributed by atoms with E-state index in [1.54, 1.807) is 61.7 Å². The van der Waals surface area contributed by atoms with Gasteiger partial charge in [0.25, 0.3) is 11.8 Å². The molecule has 0 unspecified atom stereocenters. The van der Waals surface area contributed by atoms with Crippen molar-refractivity contribution in [3.63, 3.8) is 0 Å². The van der Waals surface area contributed by atoms with Gasteiger partial charge in [0.15, 0.2) is 0 Å². The summed E-state index contributed by atoms with van der Waals surface area (Å²) in [4.78, 5) is 39.3. The Morgan fingerprint density at radius 3 is 2.44 bits per heavy atom. The zero-order valence-corrected chi connectivity index (χ0v) is 18.8. The third-order valence-electron chi connectivity index (χ3n) is 4.73. The Kier molecular flexibility index (Phi) is 8.10. The predicted molar refractivity (Wildman–Crippen MR) is 123 cm³/mol. The molecule has 3 amide bonds. The molecule has 8 heteroatoms. The molecule has 0 saturated heterocycles. The number of rotatable bonds is 9. The molecule has 32 heavy (non-hydrogen) atoms. The van der Waals surface area contributed by atoms with E-state index in [2.05, 4.69) is 10.6 Å². The zero-order chi connectivity index (χ0) is 22.9. The van der Waals surface area contributed by atoms with E-state index in [4.69, 9.17) is 4.42 Å². The lowest BCUT2D eigenvalue weighted by Crippen LogP contribution is -2.27. The standard InChI is InChI=1S/C24H25N3O4S/c1-25-23(29)18-11-9-17(10-12-18)15-27(2)24(30)20-7-3-4-8-21(20)32-16-22(28)26-14-19-6-5-13-31-19/h3-13H,14-16H2,1-2H3,(H,25,29)(H,26,28). The fraction of sp³-hybridized carbons (Fsp3) is 0.208. The highest BCUT2D eigenvalue weighted by Crippen LogP contribution is 2.24. The van der Waals surface area contributed by atoms with Crippen LogP contribution in [0, 0.1) is 0 Å². The molecule has 3 rings (SSSR count). The van der Waals surface area contributed by atoms with Crippen LogP contribution >= 0.6 is 11.8 Å². The van der Waals surface area contributed by atoms with Crippen molar-refractivity contribution in [1.29, 1.82) is 0 Å². The summed E-state index contributed by atoms with van der Waals surface area (Å²) in [7, 11) is 3.31. The molecule has 7 nitrogen and oxygen atoms in total. The third kappa shape index (κ3) is 6.24. The summed E-state index contributed by atoms with van der Waals surface area (Å²) in [6, 6.07) is 17.9. The molecular formula is C24H25N3O4S. The van der Waals surface area contributed by atoms with Crippen molar-refractivity contribution >= 4 is 29.5 Å². The minimum Gasteiger partial charge on any atom is -0.467 e. The molecule has 0 radical (unpaired) electrons. The van der Waals surface area contributed by atoms with Gasteiger partial charge in [-0.2, -0.15) is 0 Å². The van der Waals surface area contributed by atoms with E-state index in [1.165, 1.54) is 11.8 Å². The fourth-order valence-electron chi connectivity index (χ4n) is 3.02. The zero-order valence-electron chi connectivity index (χ0n) is 18.0. The molecule has 0 saturated carbocycles. The van der Waals surface area contributed by atoms with Crippen LogP contribution in [0.1, 0.15) is 32.0 Å². The number of thioether (sulfide) groups is 1. The first-order chi connectivity index (χ1) is 15.5. The van der Waals surface area contributed by atoms with Crippen molar-refractivity contribution < 1.29 is 18.8 Å². The van der Waals surface area contributed by atoms with E-state index < -0.39 is 0 Å². The number of furan rings is 1. The van der Waals surface area contributed by atoms with Gasteiger partial charge in [-0.1, -0.05) is 24.3 Å². The Hall–Kier alpha value is -3.52. The van der Waals surface area contributed by atoms with Gasteiger partial charge in [-0.3, -0.25) is 14.4 Å². The van der Waals surface area contributed by atoms with Crippen LogP contribution in [0.4, 0.5) is 0 Å². The maximum atomic E-state index is 13.1. The SMILES string of the molecule is CNC(=O)c1ccc(CN(C)C(=O)c2ccccc2SCC(=O)NCc2ccco2)cc1. The van der Waals surface area contributed by atoms with Crippen molar-refractivity contribution in [2.24, 2.45) is 0 Å². The molecule has 0 bridgehead atoms. The molecule has 2 aromatic carbocycles. The van der Waals surface area contributed by atoms with Crippen LogP contribution in [-0.2, 0) is 17.9 Å². The van der Waals surface area contributed by atoms with Gasteiger partial charge >= 0.3 is 0 Å². The fourth-order valence-corrected chi connectivity index (χ4v) is 3.89. The van der Waals surface area contributed by atoms with Crippen LogP contribution in [0.15, 0.2) is 76.2 Å². The quantitative estimate of drug-likeness (QED) is 0.487. The third-order valence-corrected chi connectivity index (χ3v) is 5.80. The van der Waals surface area contributed by atoms with E-state index >= 15 is 0 Å². The highest BCUT2D eigenvalue weighted by Gasteiger charge is 2.17. The number of hydrogen-bond acceptors (Lipinski definition) is 5. The Labute approximate surface area is 191 Å². The minimum absolute atomic E-state index is 0.139. The van der Waals surface area contributed by atoms with Crippen LogP contribution in [0.2, 0.25) is 0 Å². The van der Waals surface area contributed by atoms with Gasteiger partial charge in [-0.15, -0.1) is 11.8 Å². The molecule has 3 aromatic rings. The number of nitrogens with one attached hydrogen (secondary N) is 2. The molecule has 0 fully saturated rings. The van der Waals surface area contributed by atoms with Gasteiger partial charge in [-0.05, 0) is 42.0 Å². The second-order valence-electron chi connectivity index (χ2n) is 7.08. The largest absolute Gasteiger partial charge is 0.467 e. The molecule has 1 heterocycles. The average Bonchev–Trinajstić information content (AvgIpc) is 3.35. The Bertz CT molecular complexity index is 1070. The molecule has 0 spiro atoms. The second-order valence-corrected chi connectivity index (χ2v) is 8.10. The number of carbonyl (C=O) groups is 3. The van der Waals surface area contributed by atoms with Crippen molar-refractivity contribution in [3.8, 4) is 0 Å². The topological polar surface area (TPSA) is 91.7 Å². The predicted octanol–water partition coefficient (Wildman–Crippen LogP) is 3.32. The van der Waals surface area contributed by atoms with E-state index in [9.17, 15) is 14.4 Å². The summed E-state index contributed by atoms with van der Waals surface area (Å²) in [6.07, 6.45) is 1.56. The monoisotopic (exact) mass is 451 g/mol. The number of carbonyl (C=O) groups excluding carboxylic acids is 3. The van der Waals surface area contributed by atoms with E-state index in [0.717, 1.165) is 10.5 Å². The lowest BCUT2D eigenvalue weighted by Gasteiger charge is -2.19. The van der Waals surface area contributed by atoms with Crippen LogP contribution < -0.4 is 10.6 Å². The Balaban J connectivity index is 1.59. The molecule has 0 aliphatic carbocycles. The van der Waals surface area contributed by atoms with E-state index in [0.29, 0.717) is 30.0 Å². The normalized spacial score (nSPS) is 10.4. The molecule has 0 aliphatic rings. The number of benzene rings is 2. The van der Waals surface area contributed by atoms with Gasteiger partial charge in [0.1, 0.15) is 5.76 Å². The van der Waals surface area contributed by atoms with Gasteiger partial charge in [0.2, 0.25) is 5.91 Å². The first kappa shape index (κ1) is 23.1. The summed E-state index contributed by atoms with van der Waals surface area (Å²) in [5, 5.41) is 5.38. The van der Waals surface area contributed by atoms with Crippen molar-refractivity contribution in [2.45, 2.75) is 18.0 Å². The highest BCUT2D eigenvalue weighted by atomic mass is 32.2. The average molecular weight is 452 g/mol. The van der Waals surface area contributed by atoms with E-state index in [-0.39, 0.29) is 23.5 Å². The molecule has 0 atom stereocenters. The van der Waals surface area contributed by atoms with Gasteiger partial charge in [-0.25, -0.2) is 0 Å². The summed E-state index contributed by atoms with van der Waals surface area (Å²) >= 11 is 1.32. The molecule has 0 aliphatic heterocycles. The lowest BCUT2D eigenvalue weighted by atomic mass is 10.1. The van der Waals surface area contributed by atoms with Crippen molar-refractivity contribution in [3.05, 3.63) is 89.4 Å². The minimum atomic E-state index is -0.153. The van der Waals surface area contributed by atoms with E-state index in [1.807, 2.05) is 24.3 Å². The Morgan fingerprint density at radius 2 is 1.75 bits per heavy atom. The number of hydrogen-bond donors (Lipinski definition) is 2. The summed E-state index contributed by atoms with van der Waals surface area (Å²) in [5.74, 6) is 0.442. The van der Waals surface area contributed by atoms with Gasteiger partial charge in [0, 0.05) is 31.1 Å². The maximum Gasteiger partial charge on any atom is 0.255 e. The van der Waals surface area contributed by atoms with Gasteiger partial charge < -0.3 is 20.0 Å². The smallest absolute Gasteiger partial charge is 0.255 e. The van der Waals surface area contributed by atoms with Crippen molar-refractivity contribution in [2.75, 3.05) is 19.8 Å². The van der Waals surface area contributed by atoms with Gasteiger partial charge in [0.05, 0.1) is 24.1 Å². The second kappa shape index (κ2) is 11.2.